The molecule has 2 nitrogen and oxygen atoms in total. The Bertz CT molecular complexity index is 349. The van der Waals surface area contributed by atoms with Gasteiger partial charge in [-0.15, -0.1) is 0 Å². The molecule has 0 aliphatic carbocycles. The van der Waals surface area contributed by atoms with Gasteiger partial charge in [-0.3, -0.25) is 4.90 Å². The summed E-state index contributed by atoms with van der Waals surface area (Å²) in [6.45, 7) is 3.51. The predicted molar refractivity (Wildman–Crippen MR) is 64.7 cm³/mol. The van der Waals surface area contributed by atoms with Gasteiger partial charge < -0.3 is 5.32 Å². The molecule has 0 amide bonds. The summed E-state index contributed by atoms with van der Waals surface area (Å²) in [6.07, 6.45) is 1.34. The molecule has 2 aliphatic heterocycles. The Labute approximate surface area is 98.8 Å². The van der Waals surface area contributed by atoms with Crippen LogP contribution in [-0.4, -0.2) is 30.1 Å². The van der Waals surface area contributed by atoms with Crippen LogP contribution < -0.4 is 5.32 Å². The minimum absolute atomic E-state index is 0.755. The third-order valence-electron chi connectivity index (χ3n) is 3.47. The van der Waals surface area contributed by atoms with Crippen molar-refractivity contribution in [2.24, 2.45) is 0 Å². The SMILES string of the molecule is Brc1ccc(CN2C[C@H]3C[C@H]2CN3)cc1. The van der Waals surface area contributed by atoms with Crippen LogP contribution in [0.5, 0.6) is 0 Å². The summed E-state index contributed by atoms with van der Waals surface area (Å²) in [6, 6.07) is 10.2. The first-order valence-electron chi connectivity index (χ1n) is 5.53. The average Bonchev–Trinajstić information content (AvgIpc) is 2.83. The van der Waals surface area contributed by atoms with Crippen LogP contribution in [0.1, 0.15) is 12.0 Å². The molecule has 0 spiro atoms. The zero-order valence-corrected chi connectivity index (χ0v) is 10.2. The third-order valence-corrected chi connectivity index (χ3v) is 4.00. The maximum atomic E-state index is 3.53. The van der Waals surface area contributed by atoms with E-state index in [1.54, 1.807) is 0 Å². The molecule has 80 valence electrons. The van der Waals surface area contributed by atoms with E-state index >= 15 is 0 Å². The minimum atomic E-state index is 0.755. The van der Waals surface area contributed by atoms with Crippen LogP contribution in [0, 0.1) is 0 Å². The Morgan fingerprint density at radius 2 is 2.13 bits per heavy atom. The van der Waals surface area contributed by atoms with Gasteiger partial charge in [0.15, 0.2) is 0 Å². The van der Waals surface area contributed by atoms with Crippen molar-refractivity contribution in [3.8, 4) is 0 Å². The first-order chi connectivity index (χ1) is 7.31. The average molecular weight is 267 g/mol. The Morgan fingerprint density at radius 1 is 1.33 bits per heavy atom. The number of likely N-dealkylation sites (tertiary alicyclic amines) is 1. The normalized spacial score (nSPS) is 29.9. The lowest BCUT2D eigenvalue weighted by Crippen LogP contribution is -2.42. The van der Waals surface area contributed by atoms with Crippen LogP contribution in [0.15, 0.2) is 28.7 Å². The van der Waals surface area contributed by atoms with E-state index in [2.05, 4.69) is 50.4 Å². The van der Waals surface area contributed by atoms with E-state index in [4.69, 9.17) is 0 Å². The highest BCUT2D eigenvalue weighted by Crippen LogP contribution is 2.25. The molecule has 2 aliphatic rings. The van der Waals surface area contributed by atoms with Crippen LogP contribution in [0.2, 0.25) is 0 Å². The molecule has 2 atom stereocenters. The second-order valence-corrected chi connectivity index (χ2v) is 5.47. The molecule has 2 heterocycles. The standard InChI is InChI=1S/C12H15BrN2/c13-10-3-1-9(2-4-10)7-15-8-11-5-12(15)6-14-11/h1-4,11-12,14H,5-8H2/t11-,12+/m1/s1. The molecule has 0 aromatic heterocycles. The lowest BCUT2D eigenvalue weighted by Gasteiger charge is -2.27. The number of rotatable bonds is 2. The lowest BCUT2D eigenvalue weighted by atomic mass is 10.2. The molecule has 15 heavy (non-hydrogen) atoms. The number of nitrogens with one attached hydrogen (secondary N) is 1. The van der Waals surface area contributed by atoms with E-state index < -0.39 is 0 Å². The number of halogens is 1. The quantitative estimate of drug-likeness (QED) is 0.881. The van der Waals surface area contributed by atoms with E-state index in [0.29, 0.717) is 0 Å². The van der Waals surface area contributed by atoms with Crippen molar-refractivity contribution in [3.63, 3.8) is 0 Å². The smallest absolute Gasteiger partial charge is 0.0240 e. The van der Waals surface area contributed by atoms with Gasteiger partial charge in [0.05, 0.1) is 0 Å². The first-order valence-corrected chi connectivity index (χ1v) is 6.32. The van der Waals surface area contributed by atoms with Crippen LogP contribution in [0.25, 0.3) is 0 Å². The van der Waals surface area contributed by atoms with Crippen LogP contribution in [0.4, 0.5) is 0 Å². The number of benzene rings is 1. The maximum Gasteiger partial charge on any atom is 0.0240 e. The van der Waals surface area contributed by atoms with E-state index in [9.17, 15) is 0 Å². The summed E-state index contributed by atoms with van der Waals surface area (Å²) >= 11 is 3.47. The largest absolute Gasteiger partial charge is 0.311 e. The number of hydrogen-bond acceptors (Lipinski definition) is 2. The Hall–Kier alpha value is -0.380. The van der Waals surface area contributed by atoms with E-state index in [0.717, 1.165) is 23.1 Å². The fourth-order valence-electron chi connectivity index (χ4n) is 2.67. The molecule has 3 heteroatoms. The molecule has 2 bridgehead atoms. The first kappa shape index (κ1) is 9.82. The maximum absolute atomic E-state index is 3.53. The number of nitrogens with zero attached hydrogens (tertiary/aromatic N) is 1. The Kier molecular flexibility index (Phi) is 2.54. The summed E-state index contributed by atoms with van der Waals surface area (Å²) in [7, 11) is 0. The van der Waals surface area contributed by atoms with Crippen molar-refractivity contribution in [2.45, 2.75) is 25.0 Å². The highest BCUT2D eigenvalue weighted by molar-refractivity contribution is 9.10. The molecular weight excluding hydrogens is 252 g/mol. The van der Waals surface area contributed by atoms with Gasteiger partial charge in [-0.05, 0) is 24.1 Å². The zero-order chi connectivity index (χ0) is 10.3. The predicted octanol–water partition coefficient (Wildman–Crippen LogP) is 2.00. The summed E-state index contributed by atoms with van der Waals surface area (Å²) < 4.78 is 1.16. The van der Waals surface area contributed by atoms with E-state index in [-0.39, 0.29) is 0 Å². The van der Waals surface area contributed by atoms with E-state index in [1.165, 1.54) is 25.1 Å². The van der Waals surface area contributed by atoms with Gasteiger partial charge in [-0.25, -0.2) is 0 Å². The summed E-state index contributed by atoms with van der Waals surface area (Å²) in [5, 5.41) is 3.53. The van der Waals surface area contributed by atoms with Gasteiger partial charge >= 0.3 is 0 Å². The second kappa shape index (κ2) is 3.89. The molecule has 0 unspecified atom stereocenters. The molecule has 1 N–H and O–H groups in total. The number of hydrogen-bond donors (Lipinski definition) is 1. The van der Waals surface area contributed by atoms with Crippen molar-refractivity contribution in [2.75, 3.05) is 13.1 Å². The molecule has 3 rings (SSSR count). The van der Waals surface area contributed by atoms with Crippen molar-refractivity contribution in [3.05, 3.63) is 34.3 Å². The van der Waals surface area contributed by atoms with Crippen molar-refractivity contribution >= 4 is 15.9 Å². The topological polar surface area (TPSA) is 15.3 Å². The van der Waals surface area contributed by atoms with Crippen LogP contribution >= 0.6 is 15.9 Å². The zero-order valence-electron chi connectivity index (χ0n) is 8.62. The van der Waals surface area contributed by atoms with E-state index in [1.807, 2.05) is 0 Å². The monoisotopic (exact) mass is 266 g/mol. The Balaban J connectivity index is 1.68. The molecule has 1 aromatic rings. The number of piperazine rings is 1. The Morgan fingerprint density at radius 3 is 2.73 bits per heavy atom. The van der Waals surface area contributed by atoms with Crippen molar-refractivity contribution in [1.82, 2.24) is 10.2 Å². The highest BCUT2D eigenvalue weighted by Gasteiger charge is 2.36. The molecule has 0 saturated carbocycles. The molecular formula is C12H15BrN2. The van der Waals surface area contributed by atoms with Crippen LogP contribution in [0.3, 0.4) is 0 Å². The lowest BCUT2D eigenvalue weighted by molar-refractivity contribution is 0.218. The van der Waals surface area contributed by atoms with Crippen LogP contribution in [-0.2, 0) is 6.54 Å². The third kappa shape index (κ3) is 1.96. The highest BCUT2D eigenvalue weighted by atomic mass is 79.9. The minimum Gasteiger partial charge on any atom is -0.311 e. The fraction of sp³-hybridized carbons (Fsp3) is 0.500. The molecule has 2 saturated heterocycles. The summed E-state index contributed by atoms with van der Waals surface area (Å²) in [4.78, 5) is 2.60. The van der Waals surface area contributed by atoms with Gasteiger partial charge in [0.25, 0.3) is 0 Å². The summed E-state index contributed by atoms with van der Waals surface area (Å²) in [5.41, 5.74) is 1.42. The molecule has 2 fully saturated rings. The van der Waals surface area contributed by atoms with Gasteiger partial charge in [-0.1, -0.05) is 28.1 Å². The fourth-order valence-corrected chi connectivity index (χ4v) is 2.93. The van der Waals surface area contributed by atoms with Gasteiger partial charge in [0, 0.05) is 36.2 Å². The van der Waals surface area contributed by atoms with Crippen molar-refractivity contribution < 1.29 is 0 Å². The molecule has 0 radical (unpaired) electrons. The van der Waals surface area contributed by atoms with Gasteiger partial charge in [-0.2, -0.15) is 0 Å². The second-order valence-electron chi connectivity index (χ2n) is 4.55. The van der Waals surface area contributed by atoms with Crippen molar-refractivity contribution in [1.29, 1.82) is 0 Å². The van der Waals surface area contributed by atoms with Gasteiger partial charge in [0.1, 0.15) is 0 Å². The summed E-state index contributed by atoms with van der Waals surface area (Å²) in [5.74, 6) is 0. The van der Waals surface area contributed by atoms with Gasteiger partial charge in [0.2, 0.25) is 0 Å². The molecule has 1 aromatic carbocycles. The number of fused-ring (bicyclic) bond motifs is 2.